The number of aromatic nitrogens is 1. The first-order valence-corrected chi connectivity index (χ1v) is 9.95. The van der Waals surface area contributed by atoms with Crippen molar-refractivity contribution in [2.45, 2.75) is 9.92 Å². The highest BCUT2D eigenvalue weighted by molar-refractivity contribution is 7.91. The highest BCUT2D eigenvalue weighted by Crippen LogP contribution is 2.37. The topological polar surface area (TPSA) is 90.7 Å². The highest BCUT2D eigenvalue weighted by atomic mass is 35.5. The van der Waals surface area contributed by atoms with Crippen molar-refractivity contribution in [3.05, 3.63) is 47.5 Å². The van der Waals surface area contributed by atoms with Crippen LogP contribution in [0.5, 0.6) is 11.5 Å². The molecule has 0 unspecified atom stereocenters. The van der Waals surface area contributed by atoms with Gasteiger partial charge < -0.3 is 19.2 Å². The normalized spacial score (nSPS) is 13.4. The van der Waals surface area contributed by atoms with Crippen molar-refractivity contribution in [3.8, 4) is 23.0 Å². The lowest BCUT2D eigenvalue weighted by atomic mass is 10.2. The Hall–Kier alpha value is -2.71. The lowest BCUT2D eigenvalue weighted by molar-refractivity contribution is 0.171. The van der Waals surface area contributed by atoms with E-state index in [0.29, 0.717) is 35.3 Å². The van der Waals surface area contributed by atoms with E-state index in [1.165, 1.54) is 12.1 Å². The molecule has 0 amide bonds. The number of rotatable bonds is 4. The Labute approximate surface area is 160 Å². The minimum Gasteiger partial charge on any atom is -0.486 e. The van der Waals surface area contributed by atoms with E-state index in [-0.39, 0.29) is 21.7 Å². The van der Waals surface area contributed by atoms with Crippen LogP contribution in [0.4, 0.5) is 5.88 Å². The standard InChI is InChI=1S/C18H15ClN2O5S/c1-20-17-18(21-16(26-17)12-4-2-3-5-13(12)19)27(22,23)11-6-7-14-15(10-11)25-9-8-24-14/h2-7,10,20H,8-9H2,1H3. The zero-order chi connectivity index (χ0) is 19.0. The SMILES string of the molecule is CNc1oc(-c2ccccc2Cl)nc1S(=O)(=O)c1ccc2c(c1)OCCO2. The van der Waals surface area contributed by atoms with Crippen molar-refractivity contribution in [2.24, 2.45) is 0 Å². The van der Waals surface area contributed by atoms with E-state index in [2.05, 4.69) is 10.3 Å². The molecular weight excluding hydrogens is 392 g/mol. The van der Waals surface area contributed by atoms with Gasteiger partial charge in [0.25, 0.3) is 0 Å². The van der Waals surface area contributed by atoms with Gasteiger partial charge in [0.2, 0.25) is 26.6 Å². The maximum absolute atomic E-state index is 13.1. The van der Waals surface area contributed by atoms with E-state index in [4.69, 9.17) is 25.5 Å². The number of anilines is 1. The lowest BCUT2D eigenvalue weighted by Gasteiger charge is -2.18. The number of nitrogens with one attached hydrogen (secondary N) is 1. The van der Waals surface area contributed by atoms with Crippen molar-refractivity contribution in [1.82, 2.24) is 4.98 Å². The van der Waals surface area contributed by atoms with Gasteiger partial charge in [-0.1, -0.05) is 23.7 Å². The third-order valence-electron chi connectivity index (χ3n) is 4.01. The third kappa shape index (κ3) is 3.11. The molecule has 1 aliphatic heterocycles. The van der Waals surface area contributed by atoms with Gasteiger partial charge >= 0.3 is 0 Å². The predicted octanol–water partition coefficient (Wildman–Crippen LogP) is 3.64. The molecule has 0 saturated heterocycles. The number of sulfone groups is 1. The first-order valence-electron chi connectivity index (χ1n) is 8.09. The maximum Gasteiger partial charge on any atom is 0.233 e. The van der Waals surface area contributed by atoms with Crippen molar-refractivity contribution in [3.63, 3.8) is 0 Å². The highest BCUT2D eigenvalue weighted by Gasteiger charge is 2.30. The molecule has 1 aliphatic rings. The van der Waals surface area contributed by atoms with Crippen molar-refractivity contribution < 1.29 is 22.3 Å². The lowest BCUT2D eigenvalue weighted by Crippen LogP contribution is -2.16. The molecular formula is C18H15ClN2O5S. The first kappa shape index (κ1) is 17.7. The summed E-state index contributed by atoms with van der Waals surface area (Å²) in [4.78, 5) is 4.23. The van der Waals surface area contributed by atoms with Crippen molar-refractivity contribution in [2.75, 3.05) is 25.6 Å². The quantitative estimate of drug-likeness (QED) is 0.707. The number of fused-ring (bicyclic) bond motifs is 1. The second-order valence-electron chi connectivity index (χ2n) is 5.69. The Balaban J connectivity index is 1.81. The molecule has 0 aliphatic carbocycles. The van der Waals surface area contributed by atoms with Gasteiger partial charge in [-0.2, -0.15) is 4.98 Å². The van der Waals surface area contributed by atoms with Crippen LogP contribution in [0.1, 0.15) is 0 Å². The summed E-state index contributed by atoms with van der Waals surface area (Å²) in [5.41, 5.74) is 0.499. The monoisotopic (exact) mass is 406 g/mol. The van der Waals surface area contributed by atoms with E-state index < -0.39 is 9.84 Å². The summed E-state index contributed by atoms with van der Waals surface area (Å²) >= 11 is 6.17. The Morgan fingerprint density at radius 1 is 1.07 bits per heavy atom. The summed E-state index contributed by atoms with van der Waals surface area (Å²) in [5, 5.41) is 2.92. The predicted molar refractivity (Wildman–Crippen MR) is 99.4 cm³/mol. The van der Waals surface area contributed by atoms with E-state index >= 15 is 0 Å². The average molecular weight is 407 g/mol. The summed E-state index contributed by atoms with van der Waals surface area (Å²) in [5.74, 6) is 1.02. The second-order valence-corrected chi connectivity index (χ2v) is 7.96. The Bertz CT molecular complexity index is 1110. The smallest absolute Gasteiger partial charge is 0.233 e. The molecule has 0 spiro atoms. The van der Waals surface area contributed by atoms with Gasteiger partial charge in [0.05, 0.1) is 15.5 Å². The molecule has 0 bridgehead atoms. The van der Waals surface area contributed by atoms with Crippen molar-refractivity contribution >= 4 is 27.3 Å². The van der Waals surface area contributed by atoms with E-state index in [0.717, 1.165) is 0 Å². The van der Waals surface area contributed by atoms with Gasteiger partial charge in [-0.15, -0.1) is 0 Å². The maximum atomic E-state index is 13.1. The van der Waals surface area contributed by atoms with Gasteiger partial charge in [0.15, 0.2) is 11.5 Å². The molecule has 0 atom stereocenters. The number of hydrogen-bond acceptors (Lipinski definition) is 7. The minimum atomic E-state index is -3.96. The molecule has 140 valence electrons. The summed E-state index contributed by atoms with van der Waals surface area (Å²) in [6.45, 7) is 0.784. The molecule has 0 radical (unpaired) electrons. The summed E-state index contributed by atoms with van der Waals surface area (Å²) in [7, 11) is -2.41. The molecule has 7 nitrogen and oxygen atoms in total. The first-order chi connectivity index (χ1) is 13.0. The fraction of sp³-hybridized carbons (Fsp3) is 0.167. The van der Waals surface area contributed by atoms with Crippen LogP contribution in [-0.4, -0.2) is 33.7 Å². The van der Waals surface area contributed by atoms with Crippen LogP contribution in [0.2, 0.25) is 5.02 Å². The third-order valence-corrected chi connectivity index (χ3v) is 6.00. The van der Waals surface area contributed by atoms with Gasteiger partial charge in [-0.25, -0.2) is 8.42 Å². The zero-order valence-electron chi connectivity index (χ0n) is 14.2. The molecule has 3 aromatic rings. The Morgan fingerprint density at radius 3 is 2.56 bits per heavy atom. The molecule has 0 saturated carbocycles. The Morgan fingerprint density at radius 2 is 1.81 bits per heavy atom. The molecule has 27 heavy (non-hydrogen) atoms. The average Bonchev–Trinajstić information content (AvgIpc) is 3.13. The van der Waals surface area contributed by atoms with Gasteiger partial charge in [-0.3, -0.25) is 0 Å². The number of nitrogens with zero attached hydrogens (tertiary/aromatic N) is 1. The van der Waals surface area contributed by atoms with Gasteiger partial charge in [0.1, 0.15) is 13.2 Å². The molecule has 1 aromatic heterocycles. The van der Waals surface area contributed by atoms with E-state index in [1.54, 1.807) is 37.4 Å². The number of hydrogen-bond donors (Lipinski definition) is 1. The molecule has 2 aromatic carbocycles. The Kier molecular flexibility index (Phi) is 4.45. The summed E-state index contributed by atoms with van der Waals surface area (Å²) in [6.07, 6.45) is 0. The number of ether oxygens (including phenoxy) is 2. The fourth-order valence-electron chi connectivity index (χ4n) is 2.70. The van der Waals surface area contributed by atoms with Gasteiger partial charge in [0, 0.05) is 13.1 Å². The van der Waals surface area contributed by atoms with Crippen LogP contribution in [-0.2, 0) is 9.84 Å². The van der Waals surface area contributed by atoms with E-state index in [1.807, 2.05) is 0 Å². The van der Waals surface area contributed by atoms with Crippen LogP contribution in [0, 0.1) is 0 Å². The van der Waals surface area contributed by atoms with Crippen molar-refractivity contribution in [1.29, 1.82) is 0 Å². The molecule has 0 fully saturated rings. The van der Waals surface area contributed by atoms with Crippen LogP contribution in [0.25, 0.3) is 11.5 Å². The van der Waals surface area contributed by atoms with Gasteiger partial charge in [-0.05, 0) is 24.3 Å². The summed E-state index contributed by atoms with van der Waals surface area (Å²) < 4.78 is 42.8. The van der Waals surface area contributed by atoms with Crippen LogP contribution in [0.15, 0.2) is 56.8 Å². The zero-order valence-corrected chi connectivity index (χ0v) is 15.8. The van der Waals surface area contributed by atoms with Crippen LogP contribution in [0.3, 0.4) is 0 Å². The molecule has 2 heterocycles. The number of oxazole rings is 1. The largest absolute Gasteiger partial charge is 0.486 e. The summed E-state index contributed by atoms with van der Waals surface area (Å²) in [6, 6.07) is 11.3. The van der Waals surface area contributed by atoms with Crippen LogP contribution < -0.4 is 14.8 Å². The van der Waals surface area contributed by atoms with E-state index in [9.17, 15) is 8.42 Å². The molecule has 1 N–H and O–H groups in total. The van der Waals surface area contributed by atoms with Crippen LogP contribution >= 0.6 is 11.6 Å². The second kappa shape index (κ2) is 6.79. The number of halogens is 1. The molecule has 9 heteroatoms. The fourth-order valence-corrected chi connectivity index (χ4v) is 4.24. The molecule has 4 rings (SSSR count). The minimum absolute atomic E-state index is 0.0276. The number of benzene rings is 2.